The second kappa shape index (κ2) is 5.85. The highest BCUT2D eigenvalue weighted by molar-refractivity contribution is 7.98. The molecule has 0 fully saturated rings. The molecule has 0 spiro atoms. The number of rotatable bonds is 2. The van der Waals surface area contributed by atoms with Gasteiger partial charge in [0, 0.05) is 18.8 Å². The van der Waals surface area contributed by atoms with Crippen LogP contribution in [0.25, 0.3) is 0 Å². The molecular formula is C16H17N3OS. The molecule has 1 aromatic heterocycles. The van der Waals surface area contributed by atoms with Crippen molar-refractivity contribution < 1.29 is 4.79 Å². The second-order valence-corrected chi connectivity index (χ2v) is 5.90. The summed E-state index contributed by atoms with van der Waals surface area (Å²) in [6, 6.07) is 10.1. The van der Waals surface area contributed by atoms with Crippen LogP contribution in [-0.2, 0) is 13.0 Å². The van der Waals surface area contributed by atoms with Crippen molar-refractivity contribution >= 4 is 17.7 Å². The van der Waals surface area contributed by atoms with Gasteiger partial charge in [0.15, 0.2) is 5.16 Å². The molecule has 108 valence electrons. The minimum atomic E-state index is -0.00898. The lowest BCUT2D eigenvalue weighted by Gasteiger charge is -2.28. The fourth-order valence-electron chi connectivity index (χ4n) is 2.57. The first kappa shape index (κ1) is 14.1. The molecule has 0 radical (unpaired) electrons. The van der Waals surface area contributed by atoms with Crippen molar-refractivity contribution in [3.8, 4) is 0 Å². The van der Waals surface area contributed by atoms with Crippen molar-refractivity contribution in [1.29, 1.82) is 0 Å². The molecule has 0 saturated heterocycles. The summed E-state index contributed by atoms with van der Waals surface area (Å²) in [5, 5.41) is 0.649. The van der Waals surface area contributed by atoms with E-state index in [-0.39, 0.29) is 5.91 Å². The number of fused-ring (bicyclic) bond motifs is 1. The summed E-state index contributed by atoms with van der Waals surface area (Å²) in [4.78, 5) is 23.2. The first-order valence-corrected chi connectivity index (χ1v) is 8.15. The van der Waals surface area contributed by atoms with Crippen LogP contribution >= 0.6 is 11.8 Å². The predicted molar refractivity (Wildman–Crippen MR) is 83.4 cm³/mol. The number of aryl methyl sites for hydroxylation is 1. The molecule has 5 heteroatoms. The third-order valence-corrected chi connectivity index (χ3v) is 4.20. The van der Waals surface area contributed by atoms with Gasteiger partial charge in [-0.2, -0.15) is 0 Å². The van der Waals surface area contributed by atoms with Gasteiger partial charge in [-0.1, -0.05) is 36.0 Å². The molecule has 2 heterocycles. The van der Waals surface area contributed by atoms with Crippen molar-refractivity contribution in [3.05, 3.63) is 52.8 Å². The van der Waals surface area contributed by atoms with Crippen LogP contribution in [-0.4, -0.2) is 33.6 Å². The zero-order valence-electron chi connectivity index (χ0n) is 12.2. The maximum Gasteiger partial charge on any atom is 0.272 e. The fourth-order valence-corrected chi connectivity index (χ4v) is 3.00. The van der Waals surface area contributed by atoms with Gasteiger partial charge >= 0.3 is 0 Å². The Balaban J connectivity index is 1.85. The maximum absolute atomic E-state index is 12.7. The largest absolute Gasteiger partial charge is 0.333 e. The smallest absolute Gasteiger partial charge is 0.272 e. The van der Waals surface area contributed by atoms with E-state index in [9.17, 15) is 4.79 Å². The number of hydrogen-bond donors (Lipinski definition) is 0. The lowest BCUT2D eigenvalue weighted by molar-refractivity contribution is 0.0727. The van der Waals surface area contributed by atoms with Crippen LogP contribution in [0.4, 0.5) is 0 Å². The van der Waals surface area contributed by atoms with E-state index in [0.717, 1.165) is 18.7 Å². The molecule has 0 atom stereocenters. The maximum atomic E-state index is 12.7. The average molecular weight is 299 g/mol. The van der Waals surface area contributed by atoms with E-state index in [4.69, 9.17) is 0 Å². The zero-order chi connectivity index (χ0) is 14.8. The summed E-state index contributed by atoms with van der Waals surface area (Å²) in [6.45, 7) is 3.30. The molecule has 1 aromatic carbocycles. The van der Waals surface area contributed by atoms with E-state index >= 15 is 0 Å². The summed E-state index contributed by atoms with van der Waals surface area (Å²) in [6.07, 6.45) is 2.82. The summed E-state index contributed by atoms with van der Waals surface area (Å²) in [5.74, 6) is -0.00898. The molecule has 0 unspecified atom stereocenters. The van der Waals surface area contributed by atoms with Crippen LogP contribution in [0.3, 0.4) is 0 Å². The predicted octanol–water partition coefficient (Wildman–Crippen LogP) is 2.71. The van der Waals surface area contributed by atoms with Gasteiger partial charge in [0.25, 0.3) is 5.91 Å². The summed E-state index contributed by atoms with van der Waals surface area (Å²) >= 11 is 1.46. The lowest BCUT2D eigenvalue weighted by atomic mass is 10.00. The monoisotopic (exact) mass is 299 g/mol. The number of hydrogen-bond acceptors (Lipinski definition) is 4. The van der Waals surface area contributed by atoms with E-state index in [2.05, 4.69) is 28.2 Å². The number of amides is 1. The minimum Gasteiger partial charge on any atom is -0.333 e. The van der Waals surface area contributed by atoms with E-state index in [1.165, 1.54) is 22.9 Å². The zero-order valence-corrected chi connectivity index (χ0v) is 13.0. The highest BCUT2D eigenvalue weighted by Gasteiger charge is 2.23. The highest BCUT2D eigenvalue weighted by Crippen LogP contribution is 2.20. The van der Waals surface area contributed by atoms with Crippen molar-refractivity contribution in [2.24, 2.45) is 0 Å². The highest BCUT2D eigenvalue weighted by atomic mass is 32.2. The molecule has 1 amide bonds. The Morgan fingerprint density at radius 3 is 2.76 bits per heavy atom. The van der Waals surface area contributed by atoms with E-state index in [1.807, 2.05) is 24.1 Å². The number of thioether (sulfide) groups is 1. The number of carbonyl (C=O) groups excluding carboxylic acids is 1. The number of benzene rings is 1. The third kappa shape index (κ3) is 2.93. The number of carbonyl (C=O) groups is 1. The molecule has 21 heavy (non-hydrogen) atoms. The standard InChI is InChI=1S/C16H17N3OS/c1-11-9-14(18-16(17-11)21-2)15(20)19-8-7-12-5-3-4-6-13(12)10-19/h3-6,9H,7-8,10H2,1-2H3. The van der Waals surface area contributed by atoms with Gasteiger partial charge in [-0.05, 0) is 36.8 Å². The Hall–Kier alpha value is -1.88. The van der Waals surface area contributed by atoms with Crippen LogP contribution in [0.1, 0.15) is 27.3 Å². The molecular weight excluding hydrogens is 282 g/mol. The Morgan fingerprint density at radius 2 is 2.00 bits per heavy atom. The van der Waals surface area contributed by atoms with Gasteiger partial charge in [-0.25, -0.2) is 9.97 Å². The Labute approximate surface area is 128 Å². The molecule has 0 aliphatic carbocycles. The summed E-state index contributed by atoms with van der Waals surface area (Å²) in [7, 11) is 0. The van der Waals surface area contributed by atoms with Crippen LogP contribution < -0.4 is 0 Å². The normalized spacial score (nSPS) is 13.9. The molecule has 4 nitrogen and oxygen atoms in total. The lowest BCUT2D eigenvalue weighted by Crippen LogP contribution is -2.36. The fraction of sp³-hybridized carbons (Fsp3) is 0.312. The Kier molecular flexibility index (Phi) is 3.92. The van der Waals surface area contributed by atoms with Gasteiger partial charge in [0.2, 0.25) is 0 Å². The Bertz CT molecular complexity index is 687. The van der Waals surface area contributed by atoms with Gasteiger partial charge in [-0.3, -0.25) is 4.79 Å². The van der Waals surface area contributed by atoms with E-state index in [0.29, 0.717) is 17.4 Å². The third-order valence-electron chi connectivity index (χ3n) is 3.65. The van der Waals surface area contributed by atoms with Gasteiger partial charge in [0.05, 0.1) is 0 Å². The Morgan fingerprint density at radius 1 is 1.24 bits per heavy atom. The van der Waals surface area contributed by atoms with Crippen molar-refractivity contribution in [3.63, 3.8) is 0 Å². The number of aromatic nitrogens is 2. The molecule has 3 rings (SSSR count). The van der Waals surface area contributed by atoms with Gasteiger partial charge in [0.1, 0.15) is 5.69 Å². The van der Waals surface area contributed by atoms with Crippen LogP contribution in [0, 0.1) is 6.92 Å². The molecule has 1 aliphatic rings. The van der Waals surface area contributed by atoms with Crippen molar-refractivity contribution in [2.75, 3.05) is 12.8 Å². The van der Waals surface area contributed by atoms with Crippen molar-refractivity contribution in [2.45, 2.75) is 25.0 Å². The van der Waals surface area contributed by atoms with E-state index < -0.39 is 0 Å². The first-order valence-electron chi connectivity index (χ1n) is 6.93. The topological polar surface area (TPSA) is 46.1 Å². The summed E-state index contributed by atoms with van der Waals surface area (Å²) < 4.78 is 0. The van der Waals surface area contributed by atoms with Gasteiger partial charge in [-0.15, -0.1) is 0 Å². The molecule has 0 bridgehead atoms. The van der Waals surface area contributed by atoms with Crippen LogP contribution in [0.5, 0.6) is 0 Å². The molecule has 0 N–H and O–H groups in total. The van der Waals surface area contributed by atoms with Crippen molar-refractivity contribution in [1.82, 2.24) is 14.9 Å². The molecule has 1 aliphatic heterocycles. The molecule has 0 saturated carbocycles. The quantitative estimate of drug-likeness (QED) is 0.632. The van der Waals surface area contributed by atoms with Crippen LogP contribution in [0.15, 0.2) is 35.5 Å². The first-order chi connectivity index (χ1) is 10.2. The molecule has 2 aromatic rings. The SMILES string of the molecule is CSc1nc(C)cc(C(=O)N2CCc3ccccc3C2)n1. The number of nitrogens with zero attached hydrogens (tertiary/aromatic N) is 3. The second-order valence-electron chi connectivity index (χ2n) is 5.13. The summed E-state index contributed by atoms with van der Waals surface area (Å²) in [5.41, 5.74) is 3.89. The van der Waals surface area contributed by atoms with E-state index in [1.54, 1.807) is 6.07 Å². The average Bonchev–Trinajstić information content (AvgIpc) is 2.53. The minimum absolute atomic E-state index is 0.00898. The van der Waals surface area contributed by atoms with Gasteiger partial charge < -0.3 is 4.90 Å². The van der Waals surface area contributed by atoms with Crippen LogP contribution in [0.2, 0.25) is 0 Å².